The molecule has 0 radical (unpaired) electrons. The third kappa shape index (κ3) is 5.56. The van der Waals surface area contributed by atoms with E-state index in [1.54, 1.807) is 0 Å². The minimum absolute atomic E-state index is 0.146. The van der Waals surface area contributed by atoms with Gasteiger partial charge in [-0.25, -0.2) is 4.79 Å². The topological polar surface area (TPSA) is 46.5 Å². The fourth-order valence-corrected chi connectivity index (χ4v) is 2.28. The van der Waals surface area contributed by atoms with E-state index in [0.717, 1.165) is 12.8 Å². The first-order valence-corrected chi connectivity index (χ1v) is 7.34. The zero-order valence-electron chi connectivity index (χ0n) is 11.5. The SMILES string of the molecule is CCCCCCCCCCCC1OC=C1C(=O)O. The Hall–Kier alpha value is -0.990. The van der Waals surface area contributed by atoms with Crippen molar-refractivity contribution in [3.05, 3.63) is 11.8 Å². The Morgan fingerprint density at radius 1 is 1.11 bits per heavy atom. The summed E-state index contributed by atoms with van der Waals surface area (Å²) in [6.07, 6.45) is 13.7. The molecule has 1 unspecified atom stereocenters. The zero-order valence-corrected chi connectivity index (χ0v) is 11.5. The first kappa shape index (κ1) is 15.1. The van der Waals surface area contributed by atoms with Gasteiger partial charge in [0, 0.05) is 0 Å². The molecule has 0 fully saturated rings. The molecule has 0 aromatic rings. The molecule has 0 saturated carbocycles. The number of unbranched alkanes of at least 4 members (excludes halogenated alkanes) is 8. The molecular weight excluding hydrogens is 228 g/mol. The van der Waals surface area contributed by atoms with Gasteiger partial charge in [-0.3, -0.25) is 0 Å². The molecule has 18 heavy (non-hydrogen) atoms. The van der Waals surface area contributed by atoms with Gasteiger partial charge < -0.3 is 9.84 Å². The van der Waals surface area contributed by atoms with Crippen LogP contribution in [0.4, 0.5) is 0 Å². The summed E-state index contributed by atoms with van der Waals surface area (Å²) >= 11 is 0. The average Bonchev–Trinajstić information content (AvgIpc) is 2.29. The minimum Gasteiger partial charge on any atom is -0.492 e. The third-order valence-corrected chi connectivity index (χ3v) is 3.52. The largest absolute Gasteiger partial charge is 0.492 e. The van der Waals surface area contributed by atoms with Crippen molar-refractivity contribution in [2.24, 2.45) is 0 Å². The van der Waals surface area contributed by atoms with Gasteiger partial charge in [0.2, 0.25) is 0 Å². The third-order valence-electron chi connectivity index (χ3n) is 3.52. The van der Waals surface area contributed by atoms with Crippen molar-refractivity contribution in [1.29, 1.82) is 0 Å². The molecule has 0 bridgehead atoms. The molecule has 0 amide bonds. The van der Waals surface area contributed by atoms with Gasteiger partial charge in [-0.1, -0.05) is 58.3 Å². The fourth-order valence-electron chi connectivity index (χ4n) is 2.28. The van der Waals surface area contributed by atoms with Crippen molar-refractivity contribution in [3.63, 3.8) is 0 Å². The lowest BCUT2D eigenvalue weighted by atomic mass is 10.00. The number of hydrogen-bond donors (Lipinski definition) is 1. The molecule has 0 aliphatic carbocycles. The van der Waals surface area contributed by atoms with Crippen LogP contribution < -0.4 is 0 Å². The van der Waals surface area contributed by atoms with E-state index in [2.05, 4.69) is 6.92 Å². The second-order valence-electron chi connectivity index (χ2n) is 5.12. The smallest absolute Gasteiger partial charge is 0.338 e. The monoisotopic (exact) mass is 254 g/mol. The van der Waals surface area contributed by atoms with E-state index in [1.165, 1.54) is 57.6 Å². The van der Waals surface area contributed by atoms with Gasteiger partial charge in [0.25, 0.3) is 0 Å². The van der Waals surface area contributed by atoms with E-state index in [-0.39, 0.29) is 6.10 Å². The van der Waals surface area contributed by atoms with Crippen molar-refractivity contribution in [3.8, 4) is 0 Å². The van der Waals surface area contributed by atoms with E-state index >= 15 is 0 Å². The van der Waals surface area contributed by atoms with Crippen molar-refractivity contribution < 1.29 is 14.6 Å². The lowest BCUT2D eigenvalue weighted by Crippen LogP contribution is -2.27. The van der Waals surface area contributed by atoms with Gasteiger partial charge in [-0.15, -0.1) is 0 Å². The maximum absolute atomic E-state index is 10.7. The Kier molecular flexibility index (Phi) is 7.54. The standard InChI is InChI=1S/C15H26O3/c1-2-3-4-5-6-7-8-9-10-11-14-13(12-18-14)15(16)17/h12,14H,2-11H2,1H3,(H,16,17). The van der Waals surface area contributed by atoms with Crippen molar-refractivity contribution >= 4 is 5.97 Å². The number of carboxylic acids is 1. The molecule has 1 heterocycles. The quantitative estimate of drug-likeness (QED) is 0.560. The Balaban J connectivity index is 1.85. The van der Waals surface area contributed by atoms with Crippen LogP contribution in [-0.2, 0) is 9.53 Å². The molecule has 3 heteroatoms. The van der Waals surface area contributed by atoms with Gasteiger partial charge in [0.15, 0.2) is 0 Å². The normalized spacial score (nSPS) is 17.8. The van der Waals surface area contributed by atoms with Crippen LogP contribution >= 0.6 is 0 Å². The summed E-state index contributed by atoms with van der Waals surface area (Å²) in [7, 11) is 0. The molecule has 1 atom stereocenters. The number of rotatable bonds is 11. The lowest BCUT2D eigenvalue weighted by molar-refractivity contribution is -0.135. The van der Waals surface area contributed by atoms with Gasteiger partial charge >= 0.3 is 5.97 Å². The zero-order chi connectivity index (χ0) is 13.2. The second-order valence-corrected chi connectivity index (χ2v) is 5.12. The molecular formula is C15H26O3. The van der Waals surface area contributed by atoms with E-state index in [0.29, 0.717) is 5.57 Å². The summed E-state index contributed by atoms with van der Waals surface area (Å²) in [5.74, 6) is -0.831. The van der Waals surface area contributed by atoms with E-state index < -0.39 is 5.97 Å². The lowest BCUT2D eigenvalue weighted by Gasteiger charge is -2.24. The molecule has 1 N–H and O–H groups in total. The number of aliphatic carboxylic acids is 1. The second kappa shape index (κ2) is 9.01. The van der Waals surface area contributed by atoms with Crippen molar-refractivity contribution in [1.82, 2.24) is 0 Å². The summed E-state index contributed by atoms with van der Waals surface area (Å²) in [6, 6.07) is 0. The molecule has 0 aromatic carbocycles. The molecule has 0 aromatic heterocycles. The Morgan fingerprint density at radius 2 is 1.67 bits per heavy atom. The highest BCUT2D eigenvalue weighted by Crippen LogP contribution is 2.24. The number of carboxylic acid groups (broad SMARTS) is 1. The Labute approximate surface area is 110 Å². The first-order chi connectivity index (χ1) is 8.75. The number of carbonyl (C=O) groups is 1. The van der Waals surface area contributed by atoms with E-state index in [4.69, 9.17) is 9.84 Å². The Bertz CT molecular complexity index is 271. The summed E-state index contributed by atoms with van der Waals surface area (Å²) in [5.41, 5.74) is 0.439. The van der Waals surface area contributed by atoms with Crippen LogP contribution in [0.5, 0.6) is 0 Å². The van der Waals surface area contributed by atoms with E-state index in [9.17, 15) is 4.79 Å². The van der Waals surface area contributed by atoms with Crippen LogP contribution in [0.15, 0.2) is 11.8 Å². The average molecular weight is 254 g/mol. The highest BCUT2D eigenvalue weighted by atomic mass is 16.5. The predicted molar refractivity (Wildman–Crippen MR) is 72.4 cm³/mol. The maximum Gasteiger partial charge on any atom is 0.338 e. The van der Waals surface area contributed by atoms with Gasteiger partial charge in [0.1, 0.15) is 11.7 Å². The summed E-state index contributed by atoms with van der Waals surface area (Å²) in [4.78, 5) is 10.7. The molecule has 1 aliphatic rings. The molecule has 1 rings (SSSR count). The molecule has 0 spiro atoms. The molecule has 3 nitrogen and oxygen atoms in total. The Morgan fingerprint density at radius 3 is 2.11 bits per heavy atom. The van der Waals surface area contributed by atoms with Crippen molar-refractivity contribution in [2.45, 2.75) is 77.2 Å². The van der Waals surface area contributed by atoms with E-state index in [1.807, 2.05) is 0 Å². The van der Waals surface area contributed by atoms with Crippen molar-refractivity contribution in [2.75, 3.05) is 0 Å². The summed E-state index contributed by atoms with van der Waals surface area (Å²) < 4.78 is 5.13. The number of hydrogen-bond acceptors (Lipinski definition) is 2. The highest BCUT2D eigenvalue weighted by Gasteiger charge is 2.28. The minimum atomic E-state index is -0.831. The van der Waals surface area contributed by atoms with Crippen LogP contribution in [-0.4, -0.2) is 17.2 Å². The van der Waals surface area contributed by atoms with Gasteiger partial charge in [-0.2, -0.15) is 0 Å². The van der Waals surface area contributed by atoms with Gasteiger partial charge in [-0.05, 0) is 12.8 Å². The van der Waals surface area contributed by atoms with Crippen LogP contribution in [0.1, 0.15) is 71.1 Å². The van der Waals surface area contributed by atoms with Crippen LogP contribution in [0, 0.1) is 0 Å². The maximum atomic E-state index is 10.7. The predicted octanol–water partition coefficient (Wildman–Crippen LogP) is 4.27. The summed E-state index contributed by atoms with van der Waals surface area (Å²) in [6.45, 7) is 2.24. The van der Waals surface area contributed by atoms with Gasteiger partial charge in [0.05, 0.1) is 6.26 Å². The van der Waals surface area contributed by atoms with Crippen LogP contribution in [0.25, 0.3) is 0 Å². The summed E-state index contributed by atoms with van der Waals surface area (Å²) in [5, 5.41) is 8.80. The molecule has 0 saturated heterocycles. The number of ether oxygens (including phenoxy) is 1. The fraction of sp³-hybridized carbons (Fsp3) is 0.800. The highest BCUT2D eigenvalue weighted by molar-refractivity contribution is 5.88. The molecule has 1 aliphatic heterocycles. The first-order valence-electron chi connectivity index (χ1n) is 7.34. The van der Waals surface area contributed by atoms with Crippen LogP contribution in [0.2, 0.25) is 0 Å². The van der Waals surface area contributed by atoms with Crippen LogP contribution in [0.3, 0.4) is 0 Å². The molecule has 104 valence electrons.